The van der Waals surface area contributed by atoms with Crippen LogP contribution in [0.25, 0.3) is 0 Å². The average molecular weight is 449 g/mol. The number of piperidine rings is 1. The molecule has 3 rings (SSSR count). The molecule has 2 aromatic rings. The van der Waals surface area contributed by atoms with Crippen LogP contribution >= 0.6 is 0 Å². The van der Waals surface area contributed by atoms with Crippen LogP contribution in [-0.2, 0) is 6.54 Å². The van der Waals surface area contributed by atoms with E-state index in [0.29, 0.717) is 24.0 Å². The smallest absolute Gasteiger partial charge is 0.251 e. The Morgan fingerprint density at radius 1 is 1.24 bits per heavy atom. The zero-order valence-electron chi connectivity index (χ0n) is 20.3. The second kappa shape index (κ2) is 11.2. The fraction of sp³-hybridized carbons (Fsp3) is 0.538. The SMILES string of the molecule is CCCN1CCCCC1c1ccc(C(=O)NCc2cnc(C#N)nc2NCC(C)(C)C)cc1. The number of rotatable bonds is 8. The summed E-state index contributed by atoms with van der Waals surface area (Å²) in [6.45, 7) is 11.8. The highest BCUT2D eigenvalue weighted by atomic mass is 16.1. The molecule has 7 nitrogen and oxygen atoms in total. The van der Waals surface area contributed by atoms with Gasteiger partial charge in [-0.2, -0.15) is 5.26 Å². The number of nitriles is 1. The molecule has 176 valence electrons. The van der Waals surface area contributed by atoms with Crippen molar-refractivity contribution in [3.8, 4) is 6.07 Å². The number of carbonyl (C=O) groups is 1. The summed E-state index contributed by atoms with van der Waals surface area (Å²) in [5, 5.41) is 15.4. The van der Waals surface area contributed by atoms with Crippen LogP contribution in [0, 0.1) is 16.7 Å². The van der Waals surface area contributed by atoms with Gasteiger partial charge in [0.25, 0.3) is 5.91 Å². The topological polar surface area (TPSA) is 93.9 Å². The third kappa shape index (κ3) is 7.00. The largest absolute Gasteiger partial charge is 0.369 e. The normalized spacial score (nSPS) is 16.8. The van der Waals surface area contributed by atoms with E-state index >= 15 is 0 Å². The van der Waals surface area contributed by atoms with Crippen LogP contribution < -0.4 is 10.6 Å². The summed E-state index contributed by atoms with van der Waals surface area (Å²) in [6.07, 6.45) is 6.45. The first-order chi connectivity index (χ1) is 15.8. The lowest BCUT2D eigenvalue weighted by molar-refractivity contribution is 0.0950. The molecule has 1 aromatic carbocycles. The highest BCUT2D eigenvalue weighted by Crippen LogP contribution is 2.31. The van der Waals surface area contributed by atoms with E-state index in [1.807, 2.05) is 18.2 Å². The minimum Gasteiger partial charge on any atom is -0.369 e. The molecule has 1 amide bonds. The molecule has 7 heteroatoms. The van der Waals surface area contributed by atoms with Crippen LogP contribution in [0.4, 0.5) is 5.82 Å². The fourth-order valence-electron chi connectivity index (χ4n) is 4.15. The first-order valence-corrected chi connectivity index (χ1v) is 11.9. The van der Waals surface area contributed by atoms with Crippen molar-refractivity contribution in [2.24, 2.45) is 5.41 Å². The summed E-state index contributed by atoms with van der Waals surface area (Å²) in [4.78, 5) is 23.7. The van der Waals surface area contributed by atoms with E-state index in [2.05, 4.69) is 65.3 Å². The first kappa shape index (κ1) is 24.7. The highest BCUT2D eigenvalue weighted by Gasteiger charge is 2.23. The van der Waals surface area contributed by atoms with E-state index in [4.69, 9.17) is 5.26 Å². The average Bonchev–Trinajstić information content (AvgIpc) is 2.81. The first-order valence-electron chi connectivity index (χ1n) is 11.9. The molecule has 1 aromatic heterocycles. The number of nitrogens with zero attached hydrogens (tertiary/aromatic N) is 4. The maximum Gasteiger partial charge on any atom is 0.251 e. The highest BCUT2D eigenvalue weighted by molar-refractivity contribution is 5.94. The zero-order valence-corrected chi connectivity index (χ0v) is 20.3. The van der Waals surface area contributed by atoms with Crippen LogP contribution in [0.3, 0.4) is 0 Å². The molecule has 0 bridgehead atoms. The van der Waals surface area contributed by atoms with Gasteiger partial charge >= 0.3 is 0 Å². The third-order valence-corrected chi connectivity index (χ3v) is 5.87. The molecule has 2 N–H and O–H groups in total. The van der Waals surface area contributed by atoms with Gasteiger partial charge in [0.2, 0.25) is 5.82 Å². The Balaban J connectivity index is 1.65. The standard InChI is InChI=1S/C26H36N6O/c1-5-13-32-14-7-6-8-22(32)19-9-11-20(12-10-19)25(33)29-17-21-16-28-23(15-27)31-24(21)30-18-26(2,3)4/h9-12,16,22H,5-8,13-14,17-18H2,1-4H3,(H,29,33)(H,28,30,31). The molecular weight excluding hydrogens is 412 g/mol. The predicted molar refractivity (Wildman–Crippen MR) is 131 cm³/mol. The monoisotopic (exact) mass is 448 g/mol. The Kier molecular flexibility index (Phi) is 8.40. The molecule has 2 heterocycles. The molecule has 0 saturated carbocycles. The van der Waals surface area contributed by atoms with Crippen molar-refractivity contribution >= 4 is 11.7 Å². The van der Waals surface area contributed by atoms with Crippen molar-refractivity contribution in [2.75, 3.05) is 25.0 Å². The van der Waals surface area contributed by atoms with Crippen molar-refractivity contribution in [2.45, 2.75) is 66.0 Å². The number of nitrogens with one attached hydrogen (secondary N) is 2. The predicted octanol–water partition coefficient (Wildman–Crippen LogP) is 4.67. The second-order valence-electron chi connectivity index (χ2n) is 9.95. The Morgan fingerprint density at radius 2 is 2.00 bits per heavy atom. The van der Waals surface area contributed by atoms with Crippen LogP contribution in [-0.4, -0.2) is 40.4 Å². The van der Waals surface area contributed by atoms with Gasteiger partial charge in [-0.1, -0.05) is 46.2 Å². The number of hydrogen-bond donors (Lipinski definition) is 2. The van der Waals surface area contributed by atoms with Gasteiger partial charge in [-0.25, -0.2) is 9.97 Å². The Bertz CT molecular complexity index is 972. The lowest BCUT2D eigenvalue weighted by Crippen LogP contribution is -2.34. The van der Waals surface area contributed by atoms with E-state index in [1.54, 1.807) is 6.20 Å². The molecule has 1 saturated heterocycles. The van der Waals surface area contributed by atoms with E-state index in [1.165, 1.54) is 24.8 Å². The molecule has 33 heavy (non-hydrogen) atoms. The van der Waals surface area contributed by atoms with Gasteiger partial charge in [0.15, 0.2) is 0 Å². The number of amides is 1. The van der Waals surface area contributed by atoms with E-state index in [9.17, 15) is 4.79 Å². The molecule has 0 radical (unpaired) electrons. The summed E-state index contributed by atoms with van der Waals surface area (Å²) >= 11 is 0. The van der Waals surface area contributed by atoms with Gasteiger partial charge in [-0.3, -0.25) is 9.69 Å². The van der Waals surface area contributed by atoms with Gasteiger partial charge in [0.05, 0.1) is 0 Å². The van der Waals surface area contributed by atoms with E-state index in [-0.39, 0.29) is 23.7 Å². The zero-order chi connectivity index (χ0) is 23.8. The molecular formula is C26H36N6O. The van der Waals surface area contributed by atoms with Crippen molar-refractivity contribution in [1.29, 1.82) is 5.26 Å². The number of anilines is 1. The Morgan fingerprint density at radius 3 is 2.67 bits per heavy atom. The summed E-state index contributed by atoms with van der Waals surface area (Å²) in [5.41, 5.74) is 2.72. The molecule has 1 fully saturated rings. The van der Waals surface area contributed by atoms with Gasteiger partial charge in [0, 0.05) is 36.5 Å². The summed E-state index contributed by atoms with van der Waals surface area (Å²) in [7, 11) is 0. The summed E-state index contributed by atoms with van der Waals surface area (Å²) < 4.78 is 0. The fourth-order valence-corrected chi connectivity index (χ4v) is 4.15. The van der Waals surface area contributed by atoms with Crippen LogP contribution in [0.1, 0.15) is 86.7 Å². The molecule has 1 atom stereocenters. The van der Waals surface area contributed by atoms with Crippen LogP contribution in [0.2, 0.25) is 0 Å². The molecule has 0 spiro atoms. The van der Waals surface area contributed by atoms with Gasteiger partial charge in [-0.05, 0) is 55.5 Å². The lowest BCUT2D eigenvalue weighted by Gasteiger charge is -2.36. The Hall–Kier alpha value is -2.98. The number of likely N-dealkylation sites (tertiary alicyclic amines) is 1. The minimum atomic E-state index is -0.137. The van der Waals surface area contributed by atoms with Crippen LogP contribution in [0.5, 0.6) is 0 Å². The molecule has 1 aliphatic heterocycles. The van der Waals surface area contributed by atoms with Gasteiger partial charge in [0.1, 0.15) is 11.9 Å². The number of benzene rings is 1. The second-order valence-corrected chi connectivity index (χ2v) is 9.95. The van der Waals surface area contributed by atoms with Gasteiger partial charge < -0.3 is 10.6 Å². The van der Waals surface area contributed by atoms with Crippen molar-refractivity contribution in [3.63, 3.8) is 0 Å². The third-order valence-electron chi connectivity index (χ3n) is 5.87. The lowest BCUT2D eigenvalue weighted by atomic mass is 9.94. The summed E-state index contributed by atoms with van der Waals surface area (Å²) in [5.74, 6) is 0.555. The quantitative estimate of drug-likeness (QED) is 0.609. The summed E-state index contributed by atoms with van der Waals surface area (Å²) in [6, 6.07) is 10.4. The van der Waals surface area contributed by atoms with Crippen molar-refractivity contribution in [1.82, 2.24) is 20.2 Å². The van der Waals surface area contributed by atoms with E-state index in [0.717, 1.165) is 25.1 Å². The number of hydrogen-bond acceptors (Lipinski definition) is 6. The van der Waals surface area contributed by atoms with Crippen LogP contribution in [0.15, 0.2) is 30.5 Å². The van der Waals surface area contributed by atoms with Crippen molar-refractivity contribution < 1.29 is 4.79 Å². The van der Waals surface area contributed by atoms with Gasteiger partial charge in [-0.15, -0.1) is 0 Å². The molecule has 1 unspecified atom stereocenters. The van der Waals surface area contributed by atoms with Crippen molar-refractivity contribution in [3.05, 3.63) is 53.0 Å². The maximum atomic E-state index is 12.8. The molecule has 0 aliphatic carbocycles. The minimum absolute atomic E-state index is 0.0467. The number of aromatic nitrogens is 2. The maximum absolute atomic E-state index is 12.8. The molecule has 1 aliphatic rings. The Labute approximate surface area is 197 Å². The number of carbonyl (C=O) groups excluding carboxylic acids is 1. The van der Waals surface area contributed by atoms with E-state index < -0.39 is 0 Å².